The maximum atomic E-state index is 11.4. The van der Waals surface area contributed by atoms with Gasteiger partial charge in [0, 0.05) is 5.57 Å². The van der Waals surface area contributed by atoms with Gasteiger partial charge in [-0.2, -0.15) is 9.90 Å². The van der Waals surface area contributed by atoms with Crippen molar-refractivity contribution in [3.05, 3.63) is 47.8 Å². The standard InChI is InChI=1S/C13H10N4O2/c18-12-7-9(13(19)15-12)6-10-8-14-17(16-10)11-4-2-1-3-5-11/h1-6,8H,7H2,(H,15,18,19). The van der Waals surface area contributed by atoms with E-state index in [0.717, 1.165) is 5.69 Å². The first kappa shape index (κ1) is 11.3. The van der Waals surface area contributed by atoms with Gasteiger partial charge in [0.1, 0.15) is 5.69 Å². The van der Waals surface area contributed by atoms with Crippen molar-refractivity contribution in [1.29, 1.82) is 0 Å². The molecule has 2 heterocycles. The minimum Gasteiger partial charge on any atom is -0.292 e. The predicted octanol–water partition coefficient (Wildman–Crippen LogP) is 0.697. The second-order valence-corrected chi connectivity index (χ2v) is 4.12. The Morgan fingerprint density at radius 1 is 1.21 bits per heavy atom. The Kier molecular flexibility index (Phi) is 2.68. The average Bonchev–Trinajstić information content (AvgIpc) is 2.99. The normalized spacial score (nSPS) is 16.9. The minimum absolute atomic E-state index is 0.0943. The van der Waals surface area contributed by atoms with Gasteiger partial charge >= 0.3 is 0 Å². The zero-order chi connectivity index (χ0) is 13.2. The number of imide groups is 1. The number of amides is 2. The summed E-state index contributed by atoms with van der Waals surface area (Å²) in [6.45, 7) is 0. The molecule has 3 rings (SSSR count). The number of carbonyl (C=O) groups excluding carboxylic acids is 2. The van der Waals surface area contributed by atoms with E-state index >= 15 is 0 Å². The third-order valence-corrected chi connectivity index (χ3v) is 2.71. The summed E-state index contributed by atoms with van der Waals surface area (Å²) in [6, 6.07) is 9.44. The molecule has 1 saturated heterocycles. The van der Waals surface area contributed by atoms with Crippen LogP contribution in [0.25, 0.3) is 11.8 Å². The van der Waals surface area contributed by atoms with Crippen LogP contribution in [0, 0.1) is 0 Å². The van der Waals surface area contributed by atoms with E-state index in [-0.39, 0.29) is 18.2 Å². The maximum Gasteiger partial charge on any atom is 0.254 e. The zero-order valence-corrected chi connectivity index (χ0v) is 9.91. The molecule has 0 saturated carbocycles. The molecule has 0 unspecified atom stereocenters. The first-order chi connectivity index (χ1) is 9.22. The van der Waals surface area contributed by atoms with Gasteiger partial charge in [-0.05, 0) is 18.2 Å². The Morgan fingerprint density at radius 2 is 2.00 bits per heavy atom. The molecule has 2 aromatic rings. The first-order valence-corrected chi connectivity index (χ1v) is 5.75. The number of hydrogen-bond acceptors (Lipinski definition) is 4. The Morgan fingerprint density at radius 3 is 2.68 bits per heavy atom. The molecule has 94 valence electrons. The van der Waals surface area contributed by atoms with Crippen molar-refractivity contribution in [2.24, 2.45) is 0 Å². The van der Waals surface area contributed by atoms with E-state index in [1.807, 2.05) is 30.3 Å². The summed E-state index contributed by atoms with van der Waals surface area (Å²) >= 11 is 0. The molecule has 2 amide bonds. The third kappa shape index (κ3) is 2.28. The van der Waals surface area contributed by atoms with Crippen LogP contribution in [0.2, 0.25) is 0 Å². The van der Waals surface area contributed by atoms with E-state index in [9.17, 15) is 9.59 Å². The molecule has 1 fully saturated rings. The van der Waals surface area contributed by atoms with Crippen LogP contribution >= 0.6 is 0 Å². The van der Waals surface area contributed by atoms with Gasteiger partial charge in [-0.25, -0.2) is 0 Å². The van der Waals surface area contributed by atoms with Crippen molar-refractivity contribution in [3.8, 4) is 5.69 Å². The first-order valence-electron chi connectivity index (χ1n) is 5.75. The van der Waals surface area contributed by atoms with Crippen molar-refractivity contribution in [2.75, 3.05) is 0 Å². The second kappa shape index (κ2) is 4.49. The van der Waals surface area contributed by atoms with Gasteiger partial charge in [0.15, 0.2) is 0 Å². The fourth-order valence-corrected chi connectivity index (χ4v) is 1.83. The Hall–Kier alpha value is -2.76. The van der Waals surface area contributed by atoms with E-state index in [0.29, 0.717) is 11.3 Å². The smallest absolute Gasteiger partial charge is 0.254 e. The molecule has 6 nitrogen and oxygen atoms in total. The Labute approximate surface area is 108 Å². The fraction of sp³-hybridized carbons (Fsp3) is 0.0769. The lowest BCUT2D eigenvalue weighted by Crippen LogP contribution is -2.19. The Bertz CT molecular complexity index is 673. The van der Waals surface area contributed by atoms with Crippen LogP contribution in [0.1, 0.15) is 12.1 Å². The van der Waals surface area contributed by atoms with Crippen LogP contribution in [0.15, 0.2) is 42.1 Å². The van der Waals surface area contributed by atoms with Crippen LogP contribution in [0.5, 0.6) is 0 Å². The molecule has 1 aromatic heterocycles. The second-order valence-electron chi connectivity index (χ2n) is 4.12. The molecule has 0 bridgehead atoms. The molecule has 0 aliphatic carbocycles. The third-order valence-electron chi connectivity index (χ3n) is 2.71. The largest absolute Gasteiger partial charge is 0.292 e. The highest BCUT2D eigenvalue weighted by molar-refractivity contribution is 6.15. The number of rotatable bonds is 2. The number of nitrogens with one attached hydrogen (secondary N) is 1. The zero-order valence-electron chi connectivity index (χ0n) is 9.91. The van der Waals surface area contributed by atoms with Gasteiger partial charge in [0.2, 0.25) is 5.91 Å². The van der Waals surface area contributed by atoms with Crippen LogP contribution in [0.4, 0.5) is 0 Å². The molecule has 0 atom stereocenters. The highest BCUT2D eigenvalue weighted by atomic mass is 16.2. The van der Waals surface area contributed by atoms with Crippen LogP contribution in [-0.2, 0) is 9.59 Å². The molecule has 1 N–H and O–H groups in total. The lowest BCUT2D eigenvalue weighted by atomic mass is 10.2. The summed E-state index contributed by atoms with van der Waals surface area (Å²) in [7, 11) is 0. The summed E-state index contributed by atoms with van der Waals surface area (Å²) < 4.78 is 0. The number of benzene rings is 1. The SMILES string of the molecule is O=C1CC(=Cc2cnn(-c3ccccc3)n2)C(=O)N1. The molecule has 19 heavy (non-hydrogen) atoms. The van der Waals surface area contributed by atoms with Gasteiger partial charge in [-0.3, -0.25) is 14.9 Å². The minimum atomic E-state index is -0.362. The van der Waals surface area contributed by atoms with Crippen LogP contribution in [-0.4, -0.2) is 26.8 Å². The van der Waals surface area contributed by atoms with E-state index in [1.54, 1.807) is 12.3 Å². The summed E-state index contributed by atoms with van der Waals surface area (Å²) in [4.78, 5) is 24.0. The quantitative estimate of drug-likeness (QED) is 0.632. The lowest BCUT2D eigenvalue weighted by Gasteiger charge is -1.96. The maximum absolute atomic E-state index is 11.4. The summed E-state index contributed by atoms with van der Waals surface area (Å²) in [6.07, 6.45) is 3.22. The Balaban J connectivity index is 1.89. The topological polar surface area (TPSA) is 76.9 Å². The van der Waals surface area contributed by atoms with Crippen LogP contribution in [0.3, 0.4) is 0 Å². The lowest BCUT2D eigenvalue weighted by molar-refractivity contribution is -0.124. The number of hydrogen-bond donors (Lipinski definition) is 1. The van der Waals surface area contributed by atoms with Crippen molar-refractivity contribution in [2.45, 2.75) is 6.42 Å². The summed E-state index contributed by atoms with van der Waals surface area (Å²) in [5.74, 6) is -0.647. The average molecular weight is 254 g/mol. The predicted molar refractivity (Wildman–Crippen MR) is 67.1 cm³/mol. The molecule has 0 radical (unpaired) electrons. The molecule has 1 aliphatic heterocycles. The summed E-state index contributed by atoms with van der Waals surface area (Å²) in [5, 5.41) is 10.6. The van der Waals surface area contributed by atoms with Crippen LogP contribution < -0.4 is 5.32 Å². The van der Waals surface area contributed by atoms with Gasteiger partial charge in [0.25, 0.3) is 5.91 Å². The molecule has 1 aromatic carbocycles. The monoisotopic (exact) mass is 254 g/mol. The molecule has 6 heteroatoms. The number of carbonyl (C=O) groups is 2. The van der Waals surface area contributed by atoms with Crippen molar-refractivity contribution >= 4 is 17.9 Å². The van der Waals surface area contributed by atoms with E-state index in [2.05, 4.69) is 15.5 Å². The highest BCUT2D eigenvalue weighted by Crippen LogP contribution is 2.13. The summed E-state index contributed by atoms with van der Waals surface area (Å²) in [5.41, 5.74) is 1.79. The highest BCUT2D eigenvalue weighted by Gasteiger charge is 2.23. The van der Waals surface area contributed by atoms with Crippen molar-refractivity contribution < 1.29 is 9.59 Å². The number of nitrogens with zero attached hydrogens (tertiary/aromatic N) is 3. The molecular weight excluding hydrogens is 244 g/mol. The van der Waals surface area contributed by atoms with E-state index in [1.165, 1.54) is 4.80 Å². The van der Waals surface area contributed by atoms with Crippen molar-refractivity contribution in [3.63, 3.8) is 0 Å². The van der Waals surface area contributed by atoms with Gasteiger partial charge < -0.3 is 0 Å². The van der Waals surface area contributed by atoms with Gasteiger partial charge in [-0.1, -0.05) is 18.2 Å². The molecule has 1 aliphatic rings. The fourth-order valence-electron chi connectivity index (χ4n) is 1.83. The number of para-hydroxylation sites is 1. The van der Waals surface area contributed by atoms with E-state index in [4.69, 9.17) is 0 Å². The van der Waals surface area contributed by atoms with Crippen molar-refractivity contribution in [1.82, 2.24) is 20.3 Å². The molecule has 0 spiro atoms. The van der Waals surface area contributed by atoms with Gasteiger partial charge in [-0.15, -0.1) is 5.10 Å². The van der Waals surface area contributed by atoms with Gasteiger partial charge in [0.05, 0.1) is 18.3 Å². The molecular formula is C13H10N4O2. The number of aromatic nitrogens is 3. The van der Waals surface area contributed by atoms with E-state index < -0.39 is 0 Å².